The highest BCUT2D eigenvalue weighted by atomic mass is 16.5. The summed E-state index contributed by atoms with van der Waals surface area (Å²) in [6.07, 6.45) is 3.46. The minimum Gasteiger partial charge on any atom is -0.376 e. The summed E-state index contributed by atoms with van der Waals surface area (Å²) in [5, 5.41) is 2.87. The van der Waals surface area contributed by atoms with Crippen LogP contribution < -0.4 is 10.2 Å². The van der Waals surface area contributed by atoms with E-state index in [1.165, 1.54) is 4.90 Å². The number of amides is 3. The molecule has 7 nitrogen and oxygen atoms in total. The highest BCUT2D eigenvalue weighted by Gasteiger charge is 2.42. The Morgan fingerprint density at radius 2 is 2.11 bits per heavy atom. The second-order valence-electron chi connectivity index (χ2n) is 7.54. The van der Waals surface area contributed by atoms with Crippen LogP contribution in [0.2, 0.25) is 0 Å². The van der Waals surface area contributed by atoms with Gasteiger partial charge >= 0.3 is 0 Å². The van der Waals surface area contributed by atoms with Gasteiger partial charge in [-0.25, -0.2) is 0 Å². The van der Waals surface area contributed by atoms with Crippen molar-refractivity contribution >= 4 is 23.4 Å². The number of ether oxygens (including phenoxy) is 1. The standard InChI is InChI=1S/C20H25N3O4/c1-13-6-7-16-15(10-13)19(25)22-8-2-5-17(22)20(26)23(16)12-18(24)21-11-14-4-3-9-27-14/h6-7,10,14,17H,2-5,8-9,11-12H2,1H3,(H,21,24)/t14-,17-/m0/s1. The molecule has 3 aliphatic heterocycles. The van der Waals surface area contributed by atoms with Gasteiger partial charge in [-0.1, -0.05) is 11.6 Å². The summed E-state index contributed by atoms with van der Waals surface area (Å²) in [4.78, 5) is 41.8. The second kappa shape index (κ2) is 7.31. The van der Waals surface area contributed by atoms with Crippen LogP contribution in [0.3, 0.4) is 0 Å². The summed E-state index contributed by atoms with van der Waals surface area (Å²) in [5.41, 5.74) is 1.98. The maximum absolute atomic E-state index is 13.1. The molecule has 1 aromatic carbocycles. The fourth-order valence-electron chi connectivity index (χ4n) is 4.17. The van der Waals surface area contributed by atoms with Crippen molar-refractivity contribution in [3.05, 3.63) is 29.3 Å². The summed E-state index contributed by atoms with van der Waals surface area (Å²) >= 11 is 0. The third kappa shape index (κ3) is 3.43. The Morgan fingerprint density at radius 1 is 1.26 bits per heavy atom. The SMILES string of the molecule is Cc1ccc2c(c1)C(=O)N1CCC[C@H]1C(=O)N2CC(=O)NC[C@@H]1CCCO1. The smallest absolute Gasteiger partial charge is 0.256 e. The van der Waals surface area contributed by atoms with Crippen LogP contribution in [0.25, 0.3) is 0 Å². The van der Waals surface area contributed by atoms with Crippen LogP contribution in [0.4, 0.5) is 5.69 Å². The molecule has 2 fully saturated rings. The van der Waals surface area contributed by atoms with Crippen LogP contribution in [0.15, 0.2) is 18.2 Å². The lowest BCUT2D eigenvalue weighted by molar-refractivity contribution is -0.125. The molecule has 27 heavy (non-hydrogen) atoms. The van der Waals surface area contributed by atoms with Crippen molar-refractivity contribution in [2.45, 2.75) is 44.8 Å². The number of rotatable bonds is 4. The summed E-state index contributed by atoms with van der Waals surface area (Å²) in [6, 6.07) is 4.97. The molecule has 0 aromatic heterocycles. The van der Waals surface area contributed by atoms with Crippen molar-refractivity contribution in [2.24, 2.45) is 0 Å². The average molecular weight is 371 g/mol. The first-order valence-electron chi connectivity index (χ1n) is 9.66. The summed E-state index contributed by atoms with van der Waals surface area (Å²) in [5.74, 6) is -0.521. The molecule has 2 atom stereocenters. The lowest BCUT2D eigenvalue weighted by Gasteiger charge is -2.25. The molecule has 0 spiro atoms. The number of benzene rings is 1. The first kappa shape index (κ1) is 18.0. The quantitative estimate of drug-likeness (QED) is 0.864. The number of hydrogen-bond acceptors (Lipinski definition) is 4. The van der Waals surface area contributed by atoms with E-state index in [2.05, 4.69) is 5.32 Å². The van der Waals surface area contributed by atoms with Crippen LogP contribution in [0, 0.1) is 6.92 Å². The molecule has 0 bridgehead atoms. The Labute approximate surface area is 158 Å². The average Bonchev–Trinajstić information content (AvgIpc) is 3.33. The Hall–Kier alpha value is -2.41. The van der Waals surface area contributed by atoms with E-state index in [1.54, 1.807) is 11.0 Å². The number of aryl methyl sites for hydroxylation is 1. The van der Waals surface area contributed by atoms with Gasteiger partial charge in [-0.15, -0.1) is 0 Å². The Kier molecular flexibility index (Phi) is 4.86. The molecule has 2 saturated heterocycles. The van der Waals surface area contributed by atoms with Crippen molar-refractivity contribution in [1.82, 2.24) is 10.2 Å². The van der Waals surface area contributed by atoms with Gasteiger partial charge in [0.1, 0.15) is 12.6 Å². The molecule has 0 saturated carbocycles. The van der Waals surface area contributed by atoms with Gasteiger partial charge in [0, 0.05) is 19.7 Å². The zero-order valence-corrected chi connectivity index (χ0v) is 15.6. The fraction of sp³-hybridized carbons (Fsp3) is 0.550. The molecule has 4 rings (SSSR count). The normalized spacial score (nSPS) is 24.6. The van der Waals surface area contributed by atoms with Gasteiger partial charge in [0.25, 0.3) is 5.91 Å². The highest BCUT2D eigenvalue weighted by molar-refractivity contribution is 6.12. The van der Waals surface area contributed by atoms with Gasteiger partial charge in [-0.05, 0) is 44.7 Å². The van der Waals surface area contributed by atoms with E-state index in [-0.39, 0.29) is 30.4 Å². The third-order valence-electron chi connectivity index (χ3n) is 5.59. The van der Waals surface area contributed by atoms with Gasteiger partial charge in [0.15, 0.2) is 0 Å². The molecule has 3 aliphatic rings. The molecule has 0 aliphatic carbocycles. The number of carbonyl (C=O) groups excluding carboxylic acids is 3. The molecular weight excluding hydrogens is 346 g/mol. The van der Waals surface area contributed by atoms with Gasteiger partial charge in [-0.3, -0.25) is 14.4 Å². The molecule has 0 unspecified atom stereocenters. The van der Waals surface area contributed by atoms with E-state index in [0.717, 1.165) is 31.4 Å². The maximum atomic E-state index is 13.1. The summed E-state index contributed by atoms with van der Waals surface area (Å²) in [6.45, 7) is 3.61. The molecule has 3 amide bonds. The zero-order chi connectivity index (χ0) is 19.0. The van der Waals surface area contributed by atoms with Gasteiger partial charge < -0.3 is 19.9 Å². The van der Waals surface area contributed by atoms with E-state index < -0.39 is 6.04 Å². The molecule has 7 heteroatoms. The fourth-order valence-corrected chi connectivity index (χ4v) is 4.17. The summed E-state index contributed by atoms with van der Waals surface area (Å²) < 4.78 is 5.53. The first-order valence-corrected chi connectivity index (χ1v) is 9.66. The van der Waals surface area contributed by atoms with Gasteiger partial charge in [0.2, 0.25) is 11.8 Å². The maximum Gasteiger partial charge on any atom is 0.256 e. The Morgan fingerprint density at radius 3 is 2.89 bits per heavy atom. The number of anilines is 1. The first-order chi connectivity index (χ1) is 13.0. The molecule has 1 aromatic rings. The zero-order valence-electron chi connectivity index (χ0n) is 15.6. The van der Waals surface area contributed by atoms with E-state index in [4.69, 9.17) is 4.74 Å². The van der Waals surface area contributed by atoms with E-state index in [0.29, 0.717) is 30.8 Å². The van der Waals surface area contributed by atoms with Crippen molar-refractivity contribution in [2.75, 3.05) is 31.1 Å². The lowest BCUT2D eigenvalue weighted by Crippen LogP contribution is -2.48. The number of nitrogens with one attached hydrogen (secondary N) is 1. The molecule has 144 valence electrons. The van der Waals surface area contributed by atoms with Crippen LogP contribution in [0.5, 0.6) is 0 Å². The lowest BCUT2D eigenvalue weighted by atomic mass is 10.1. The van der Waals surface area contributed by atoms with E-state index >= 15 is 0 Å². The van der Waals surface area contributed by atoms with Crippen molar-refractivity contribution in [3.8, 4) is 0 Å². The highest BCUT2D eigenvalue weighted by Crippen LogP contribution is 2.32. The predicted octanol–water partition coefficient (Wildman–Crippen LogP) is 1.24. The Balaban J connectivity index is 1.57. The van der Waals surface area contributed by atoms with Crippen LogP contribution in [0.1, 0.15) is 41.6 Å². The topological polar surface area (TPSA) is 79.0 Å². The second-order valence-corrected chi connectivity index (χ2v) is 7.54. The molecule has 0 radical (unpaired) electrons. The van der Waals surface area contributed by atoms with Crippen molar-refractivity contribution in [3.63, 3.8) is 0 Å². The third-order valence-corrected chi connectivity index (χ3v) is 5.59. The van der Waals surface area contributed by atoms with Gasteiger partial charge in [0.05, 0.1) is 17.4 Å². The predicted molar refractivity (Wildman–Crippen MR) is 99.6 cm³/mol. The van der Waals surface area contributed by atoms with Gasteiger partial charge in [-0.2, -0.15) is 0 Å². The van der Waals surface area contributed by atoms with Crippen molar-refractivity contribution in [1.29, 1.82) is 0 Å². The number of fused-ring (bicyclic) bond motifs is 2. The minimum absolute atomic E-state index is 0.0515. The van der Waals surface area contributed by atoms with Crippen LogP contribution >= 0.6 is 0 Å². The van der Waals surface area contributed by atoms with E-state index in [1.807, 2.05) is 19.1 Å². The number of hydrogen-bond donors (Lipinski definition) is 1. The van der Waals surface area contributed by atoms with Crippen LogP contribution in [-0.2, 0) is 14.3 Å². The van der Waals surface area contributed by atoms with E-state index in [9.17, 15) is 14.4 Å². The Bertz CT molecular complexity index is 772. The molecular formula is C20H25N3O4. The number of nitrogens with zero attached hydrogens (tertiary/aromatic N) is 2. The van der Waals surface area contributed by atoms with Crippen LogP contribution in [-0.4, -0.2) is 61.0 Å². The largest absolute Gasteiger partial charge is 0.376 e. The summed E-state index contributed by atoms with van der Waals surface area (Å²) in [7, 11) is 0. The number of carbonyl (C=O) groups is 3. The molecule has 1 N–H and O–H groups in total. The minimum atomic E-state index is -0.476. The monoisotopic (exact) mass is 371 g/mol. The van der Waals surface area contributed by atoms with Crippen molar-refractivity contribution < 1.29 is 19.1 Å². The molecule has 3 heterocycles.